The number of imidazole rings is 1. The number of para-hydroxylation sites is 1. The Hall–Kier alpha value is -2.62. The van der Waals surface area contributed by atoms with Gasteiger partial charge in [0, 0.05) is 0 Å². The molecule has 0 bridgehead atoms. The number of methoxy groups -OCH3 is 1. The van der Waals surface area contributed by atoms with Gasteiger partial charge in [-0.2, -0.15) is 0 Å². The van der Waals surface area contributed by atoms with Gasteiger partial charge in [0.2, 0.25) is 0 Å². The third-order valence-corrected chi connectivity index (χ3v) is 6.25. The number of fused-ring (bicyclic) bond motifs is 1. The third-order valence-electron chi connectivity index (χ3n) is 3.86. The van der Waals surface area contributed by atoms with Crippen molar-refractivity contribution in [3.05, 3.63) is 78.7 Å². The Morgan fingerprint density at radius 3 is 2.52 bits per heavy atom. The quantitative estimate of drug-likeness (QED) is 0.495. The molecule has 124 valence electrons. The molecule has 2 aromatic heterocycles. The molecule has 25 heavy (non-hydrogen) atoms. The number of benzene rings is 2. The van der Waals surface area contributed by atoms with Crippen LogP contribution in [0.1, 0.15) is 0 Å². The molecule has 0 atom stereocenters. The maximum atomic E-state index is 13.8. The van der Waals surface area contributed by atoms with E-state index in [1.165, 1.54) is 12.3 Å². The first kappa shape index (κ1) is 15.9. The summed E-state index contributed by atoms with van der Waals surface area (Å²) in [5.74, 6) is 0.564. The average molecular weight is 397 g/mol. The van der Waals surface area contributed by atoms with E-state index in [0.717, 1.165) is 31.7 Å². The van der Waals surface area contributed by atoms with Crippen LogP contribution in [0.25, 0.3) is 16.9 Å². The van der Waals surface area contributed by atoms with Crippen molar-refractivity contribution >= 4 is 29.7 Å². The van der Waals surface area contributed by atoms with E-state index in [4.69, 9.17) is 9.72 Å². The molecule has 0 unspecified atom stereocenters. The number of rotatable bonds is 4. The number of nitrogens with zero attached hydrogens (tertiary/aromatic N) is 2. The molecule has 0 amide bonds. The maximum absolute atomic E-state index is 13.8. The number of hydrogen-bond donors (Lipinski definition) is 0. The molecule has 0 saturated heterocycles. The van der Waals surface area contributed by atoms with Gasteiger partial charge >= 0.3 is 151 Å². The van der Waals surface area contributed by atoms with E-state index in [1.54, 1.807) is 13.2 Å². The minimum atomic E-state index is -0.276. The van der Waals surface area contributed by atoms with Gasteiger partial charge in [0.1, 0.15) is 0 Å². The summed E-state index contributed by atoms with van der Waals surface area (Å²) >= 11 is -0.0923. The molecule has 2 aromatic carbocycles. The van der Waals surface area contributed by atoms with Crippen molar-refractivity contribution < 1.29 is 9.13 Å². The van der Waals surface area contributed by atoms with Crippen molar-refractivity contribution in [2.75, 3.05) is 7.11 Å². The molecule has 0 N–H and O–H groups in total. The van der Waals surface area contributed by atoms with Crippen molar-refractivity contribution in [1.29, 1.82) is 0 Å². The van der Waals surface area contributed by atoms with E-state index >= 15 is 0 Å². The summed E-state index contributed by atoms with van der Waals surface area (Å²) < 4.78 is 23.3. The summed E-state index contributed by atoms with van der Waals surface area (Å²) in [5.41, 5.74) is 2.66. The fraction of sp³-hybridized carbons (Fsp3) is 0.0500. The Morgan fingerprint density at radius 1 is 0.960 bits per heavy atom. The number of halogens is 1. The van der Waals surface area contributed by atoms with Crippen molar-refractivity contribution in [2.24, 2.45) is 0 Å². The number of pyridine rings is 1. The zero-order valence-corrected chi connectivity index (χ0v) is 15.2. The molecule has 0 fully saturated rings. The van der Waals surface area contributed by atoms with Crippen LogP contribution < -0.4 is 13.8 Å². The monoisotopic (exact) mass is 398 g/mol. The van der Waals surface area contributed by atoms with Crippen molar-refractivity contribution in [2.45, 2.75) is 0 Å². The van der Waals surface area contributed by atoms with Crippen LogP contribution in [0.3, 0.4) is 0 Å². The standard InChI is InChI=1S/C20H15FN2OSe/c1-24-16-9-5-6-10-17(16)25-20-19(14-7-3-2-4-8-14)22-18-12-11-15(21)13-23(18)20/h2-13H,1H3. The van der Waals surface area contributed by atoms with Gasteiger partial charge in [0.25, 0.3) is 0 Å². The van der Waals surface area contributed by atoms with E-state index in [0.29, 0.717) is 0 Å². The molecular weight excluding hydrogens is 382 g/mol. The van der Waals surface area contributed by atoms with Crippen LogP contribution in [0.15, 0.2) is 72.9 Å². The van der Waals surface area contributed by atoms with E-state index in [9.17, 15) is 4.39 Å². The molecule has 4 aromatic rings. The summed E-state index contributed by atoms with van der Waals surface area (Å²) in [6.45, 7) is 0. The molecule has 4 rings (SSSR count). The molecule has 5 heteroatoms. The number of aromatic nitrogens is 2. The van der Waals surface area contributed by atoms with Gasteiger partial charge in [-0.1, -0.05) is 0 Å². The number of ether oxygens (including phenoxy) is 1. The zero-order chi connectivity index (χ0) is 17.2. The summed E-state index contributed by atoms with van der Waals surface area (Å²) in [6.07, 6.45) is 1.50. The normalized spacial score (nSPS) is 11.0. The summed E-state index contributed by atoms with van der Waals surface area (Å²) in [4.78, 5) is 4.75. The predicted octanol–water partition coefficient (Wildman–Crippen LogP) is 2.80. The fourth-order valence-corrected chi connectivity index (χ4v) is 5.02. The second-order valence-electron chi connectivity index (χ2n) is 5.46. The van der Waals surface area contributed by atoms with E-state index in [-0.39, 0.29) is 20.8 Å². The van der Waals surface area contributed by atoms with E-state index in [2.05, 4.69) is 0 Å². The van der Waals surface area contributed by atoms with Crippen LogP contribution in [-0.2, 0) is 0 Å². The fourth-order valence-electron chi connectivity index (χ4n) is 2.69. The Balaban J connectivity index is 1.92. The molecule has 0 radical (unpaired) electrons. The van der Waals surface area contributed by atoms with Gasteiger partial charge in [-0.05, 0) is 0 Å². The molecule has 0 spiro atoms. The first-order chi connectivity index (χ1) is 12.3. The van der Waals surface area contributed by atoms with Crippen LogP contribution in [0.2, 0.25) is 0 Å². The predicted molar refractivity (Wildman–Crippen MR) is 98.6 cm³/mol. The molecule has 2 heterocycles. The molecule has 0 aliphatic rings. The molecule has 0 aliphatic carbocycles. The summed E-state index contributed by atoms with van der Waals surface area (Å²) in [7, 11) is 1.67. The van der Waals surface area contributed by atoms with Crippen LogP contribution in [-0.4, -0.2) is 31.5 Å². The van der Waals surface area contributed by atoms with Gasteiger partial charge < -0.3 is 0 Å². The van der Waals surface area contributed by atoms with Crippen LogP contribution in [0.4, 0.5) is 4.39 Å². The summed E-state index contributed by atoms with van der Waals surface area (Å²) in [5, 5.41) is 0. The second-order valence-corrected chi connectivity index (χ2v) is 7.62. The van der Waals surface area contributed by atoms with Gasteiger partial charge in [-0.15, -0.1) is 0 Å². The Bertz CT molecular complexity index is 1030. The summed E-state index contributed by atoms with van der Waals surface area (Å²) in [6, 6.07) is 21.1. The van der Waals surface area contributed by atoms with E-state index < -0.39 is 0 Å². The van der Waals surface area contributed by atoms with Gasteiger partial charge in [0.05, 0.1) is 0 Å². The molecule has 0 saturated carbocycles. The molecular formula is C20H15FN2OSe. The van der Waals surface area contributed by atoms with Gasteiger partial charge in [0.15, 0.2) is 0 Å². The third kappa shape index (κ3) is 3.04. The number of hydrogen-bond acceptors (Lipinski definition) is 2. The van der Waals surface area contributed by atoms with Gasteiger partial charge in [-0.25, -0.2) is 0 Å². The first-order valence-electron chi connectivity index (χ1n) is 7.80. The Labute approximate surface area is 151 Å². The van der Waals surface area contributed by atoms with Crippen LogP contribution in [0, 0.1) is 5.82 Å². The second kappa shape index (κ2) is 6.71. The molecule has 0 aliphatic heterocycles. The van der Waals surface area contributed by atoms with Crippen LogP contribution >= 0.6 is 0 Å². The average Bonchev–Trinajstić information content (AvgIpc) is 3.01. The van der Waals surface area contributed by atoms with Crippen molar-refractivity contribution in [3.63, 3.8) is 0 Å². The SMILES string of the molecule is COc1ccccc1[Se]c1c(-c2ccccc2)nc2ccc(F)cn12. The van der Waals surface area contributed by atoms with Crippen LogP contribution in [0.5, 0.6) is 5.75 Å². The molecule has 3 nitrogen and oxygen atoms in total. The zero-order valence-electron chi connectivity index (χ0n) is 13.5. The Kier molecular flexibility index (Phi) is 4.26. The van der Waals surface area contributed by atoms with E-state index in [1.807, 2.05) is 59.0 Å². The van der Waals surface area contributed by atoms with Gasteiger partial charge in [-0.3, -0.25) is 0 Å². The topological polar surface area (TPSA) is 26.5 Å². The Morgan fingerprint density at radius 2 is 1.72 bits per heavy atom. The van der Waals surface area contributed by atoms with Crippen molar-refractivity contribution in [3.8, 4) is 17.0 Å². The van der Waals surface area contributed by atoms with Crippen molar-refractivity contribution in [1.82, 2.24) is 9.38 Å². The minimum absolute atomic E-state index is 0.0923. The first-order valence-corrected chi connectivity index (χ1v) is 9.51.